The smallest absolute Gasteiger partial charge is 0.433 e. The van der Waals surface area contributed by atoms with E-state index in [4.69, 9.17) is 79.1 Å². The maximum Gasteiger partial charge on any atom is 0.433 e. The lowest BCUT2D eigenvalue weighted by Crippen LogP contribution is -2.48. The van der Waals surface area contributed by atoms with Gasteiger partial charge < -0.3 is 14.6 Å². The number of hydrogen-bond acceptors (Lipinski definition) is 5. The molecule has 0 aliphatic carbocycles. The molecule has 0 radical (unpaired) electrons. The molecule has 0 fully saturated rings. The van der Waals surface area contributed by atoms with Gasteiger partial charge in [0.05, 0.1) is 5.69 Å². The van der Waals surface area contributed by atoms with Crippen LogP contribution in [-0.4, -0.2) is 38.1 Å². The number of hydrogen-bond donors (Lipinski definition) is 2. The van der Waals surface area contributed by atoms with Crippen molar-refractivity contribution in [2.75, 3.05) is 18.2 Å². The Hall–Kier alpha value is -0.700. The number of phenolic OH excluding ortho intramolecular Hbond substituents is 1. The molecule has 0 saturated carbocycles. The number of anilines is 1. The van der Waals surface area contributed by atoms with Crippen LogP contribution in [0.4, 0.5) is 15.3 Å². The highest BCUT2D eigenvalue weighted by Crippen LogP contribution is 2.30. The second kappa shape index (κ2) is 9.67. The molecule has 1 aromatic rings. The Morgan fingerprint density at radius 1 is 1.00 bits per heavy atom. The lowest BCUT2D eigenvalue weighted by atomic mass is 10.1. The molecule has 2 amide bonds. The Kier molecular flexibility index (Phi) is 8.72. The van der Waals surface area contributed by atoms with Gasteiger partial charge in [-0.1, -0.05) is 69.6 Å². The zero-order valence-electron chi connectivity index (χ0n) is 13.9. The Labute approximate surface area is 185 Å². The summed E-state index contributed by atoms with van der Waals surface area (Å²) in [6, 6.07) is 2.69. The van der Waals surface area contributed by atoms with Crippen molar-refractivity contribution in [3.05, 3.63) is 23.3 Å². The van der Waals surface area contributed by atoms with Gasteiger partial charge in [-0.2, -0.15) is 5.01 Å². The van der Waals surface area contributed by atoms with Gasteiger partial charge in [-0.05, 0) is 37.1 Å². The van der Waals surface area contributed by atoms with Crippen LogP contribution in [-0.2, 0) is 9.47 Å². The molecule has 0 saturated heterocycles. The summed E-state index contributed by atoms with van der Waals surface area (Å²) in [7, 11) is 0. The number of halogens is 6. The number of carbonyl (C=O) groups is 2. The van der Waals surface area contributed by atoms with E-state index in [1.807, 2.05) is 0 Å². The van der Waals surface area contributed by atoms with E-state index < -0.39 is 33.0 Å². The van der Waals surface area contributed by atoms with E-state index in [0.717, 1.165) is 0 Å². The number of amides is 2. The van der Waals surface area contributed by atoms with Crippen molar-refractivity contribution in [1.82, 2.24) is 5.43 Å². The van der Waals surface area contributed by atoms with Gasteiger partial charge in [-0.15, -0.1) is 0 Å². The molecule has 0 unspecified atom stereocenters. The van der Waals surface area contributed by atoms with Crippen molar-refractivity contribution in [2.24, 2.45) is 0 Å². The molecule has 1 aromatic carbocycles. The van der Waals surface area contributed by atoms with Gasteiger partial charge in [-0.25, -0.2) is 15.0 Å². The van der Waals surface area contributed by atoms with E-state index >= 15 is 0 Å². The number of carbonyl (C=O) groups excluding carboxylic acids is 2. The zero-order chi connectivity index (χ0) is 21.0. The fraction of sp³-hybridized carbons (Fsp3) is 0.429. The number of rotatable bonds is 3. The third-order valence-corrected chi connectivity index (χ3v) is 3.74. The monoisotopic (exact) mass is 500 g/mol. The summed E-state index contributed by atoms with van der Waals surface area (Å²) < 4.78 is 5.89. The fourth-order valence-corrected chi connectivity index (χ4v) is 2.04. The van der Waals surface area contributed by atoms with Crippen LogP contribution in [0.2, 0.25) is 0 Å². The predicted molar refractivity (Wildman–Crippen MR) is 106 cm³/mol. The average Bonchev–Trinajstić information content (AvgIpc) is 2.53. The molecule has 13 heteroatoms. The van der Waals surface area contributed by atoms with E-state index in [2.05, 4.69) is 5.43 Å². The van der Waals surface area contributed by atoms with Crippen molar-refractivity contribution in [3.63, 3.8) is 0 Å². The van der Waals surface area contributed by atoms with Crippen molar-refractivity contribution in [1.29, 1.82) is 0 Å². The first kappa shape index (κ1) is 24.3. The maximum atomic E-state index is 12.4. The normalized spacial score (nSPS) is 11.7. The SMILES string of the molecule is Cc1c(O)ccc(N(NC(=O)OCC(Cl)(Cl)Cl)C(=O)OCC(Cl)(Cl)Cl)c1C. The molecule has 0 bridgehead atoms. The molecule has 2 N–H and O–H groups in total. The number of ether oxygens (including phenoxy) is 2. The van der Waals surface area contributed by atoms with Crippen LogP contribution in [0.15, 0.2) is 12.1 Å². The van der Waals surface area contributed by atoms with Gasteiger partial charge in [0.15, 0.2) is 0 Å². The Morgan fingerprint density at radius 3 is 2.04 bits per heavy atom. The second-order valence-corrected chi connectivity index (χ2v) is 10.2. The van der Waals surface area contributed by atoms with Gasteiger partial charge >= 0.3 is 12.2 Å². The maximum absolute atomic E-state index is 12.4. The highest BCUT2D eigenvalue weighted by atomic mass is 35.6. The Balaban J connectivity index is 3.08. The number of nitrogens with one attached hydrogen (secondary N) is 1. The van der Waals surface area contributed by atoms with Gasteiger partial charge in [0.1, 0.15) is 19.0 Å². The topological polar surface area (TPSA) is 88.1 Å². The molecule has 0 aliphatic heterocycles. The van der Waals surface area contributed by atoms with Crippen LogP contribution in [0.1, 0.15) is 11.1 Å². The molecule has 1 rings (SSSR count). The molecular weight excluding hydrogens is 489 g/mol. The van der Waals surface area contributed by atoms with Gasteiger partial charge in [0, 0.05) is 0 Å². The number of phenols is 1. The van der Waals surface area contributed by atoms with Crippen LogP contribution in [0, 0.1) is 13.8 Å². The average molecular weight is 503 g/mol. The summed E-state index contributed by atoms with van der Waals surface area (Å²) in [5, 5.41) is 10.5. The van der Waals surface area contributed by atoms with Crippen molar-refractivity contribution in [3.8, 4) is 5.75 Å². The standard InChI is InChI=1S/C14H14Cl6N2O5/c1-7-8(2)10(23)4-3-9(7)22(12(25)27-6-14(18,19)20)21-11(24)26-5-13(15,16)17/h3-4,23H,5-6H2,1-2H3,(H,21,24). The van der Waals surface area contributed by atoms with Crippen molar-refractivity contribution < 1.29 is 24.2 Å². The van der Waals surface area contributed by atoms with Crippen LogP contribution in [0.3, 0.4) is 0 Å². The summed E-state index contributed by atoms with van der Waals surface area (Å²) in [4.78, 5) is 24.3. The minimum Gasteiger partial charge on any atom is -0.508 e. The summed E-state index contributed by atoms with van der Waals surface area (Å²) in [6.07, 6.45) is -2.20. The van der Waals surface area contributed by atoms with E-state index in [9.17, 15) is 14.7 Å². The number of aromatic hydroxyl groups is 1. The highest BCUT2D eigenvalue weighted by molar-refractivity contribution is 6.68. The van der Waals surface area contributed by atoms with Crippen LogP contribution in [0.5, 0.6) is 5.75 Å². The van der Waals surface area contributed by atoms with E-state index in [0.29, 0.717) is 16.1 Å². The van der Waals surface area contributed by atoms with Crippen molar-refractivity contribution >= 4 is 87.5 Å². The lowest BCUT2D eigenvalue weighted by molar-refractivity contribution is 0.135. The summed E-state index contributed by atoms with van der Waals surface area (Å²) in [5.41, 5.74) is 3.23. The minimum atomic E-state index is -1.86. The van der Waals surface area contributed by atoms with Gasteiger partial charge in [0.2, 0.25) is 7.59 Å². The largest absolute Gasteiger partial charge is 0.508 e. The van der Waals surface area contributed by atoms with E-state index in [-0.39, 0.29) is 11.4 Å². The number of alkyl halides is 6. The molecule has 7 nitrogen and oxygen atoms in total. The minimum absolute atomic E-state index is 0.00959. The van der Waals surface area contributed by atoms with Crippen LogP contribution < -0.4 is 10.4 Å². The van der Waals surface area contributed by atoms with Gasteiger partial charge in [-0.3, -0.25) is 0 Å². The first-order valence-electron chi connectivity index (χ1n) is 7.04. The molecule has 0 atom stereocenters. The summed E-state index contributed by atoms with van der Waals surface area (Å²) in [6.45, 7) is 2.05. The number of hydrazine groups is 1. The molecule has 0 spiro atoms. The first-order valence-corrected chi connectivity index (χ1v) is 9.31. The third-order valence-electron chi connectivity index (χ3n) is 3.08. The lowest BCUT2D eigenvalue weighted by Gasteiger charge is -2.25. The van der Waals surface area contributed by atoms with Gasteiger partial charge in [0.25, 0.3) is 0 Å². The third kappa shape index (κ3) is 8.46. The van der Waals surface area contributed by atoms with Crippen LogP contribution >= 0.6 is 69.6 Å². The van der Waals surface area contributed by atoms with E-state index in [1.165, 1.54) is 12.1 Å². The summed E-state index contributed by atoms with van der Waals surface area (Å²) in [5.74, 6) is -0.00959. The Bertz CT molecular complexity index is 704. The molecule has 0 heterocycles. The second-order valence-electron chi connectivity index (χ2n) is 5.16. The molecule has 152 valence electrons. The molecule has 0 aromatic heterocycles. The number of nitrogens with zero attached hydrogens (tertiary/aromatic N) is 1. The van der Waals surface area contributed by atoms with Crippen molar-refractivity contribution in [2.45, 2.75) is 21.4 Å². The first-order chi connectivity index (χ1) is 12.2. The molecular formula is C14H14Cl6N2O5. The highest BCUT2D eigenvalue weighted by Gasteiger charge is 2.29. The molecule has 0 aliphatic rings. The Morgan fingerprint density at radius 2 is 1.52 bits per heavy atom. The number of benzene rings is 1. The summed E-state index contributed by atoms with van der Waals surface area (Å²) >= 11 is 33.2. The predicted octanol–water partition coefficient (Wildman–Crippen LogP) is 5.33. The van der Waals surface area contributed by atoms with Crippen LogP contribution in [0.25, 0.3) is 0 Å². The quantitative estimate of drug-likeness (QED) is 0.430. The zero-order valence-corrected chi connectivity index (χ0v) is 18.4. The van der Waals surface area contributed by atoms with E-state index in [1.54, 1.807) is 13.8 Å². The molecule has 27 heavy (non-hydrogen) atoms. The fourth-order valence-electron chi connectivity index (χ4n) is 1.72.